The molecule has 0 aliphatic rings. The van der Waals surface area contributed by atoms with E-state index in [1.807, 2.05) is 68.4 Å². The highest BCUT2D eigenvalue weighted by molar-refractivity contribution is 5.58. The molecule has 1 aromatic heterocycles. The van der Waals surface area contributed by atoms with Gasteiger partial charge < -0.3 is 15.4 Å². The molecule has 0 bridgehead atoms. The number of hydrogen-bond donors (Lipinski definition) is 2. The number of nitrogens with zero attached hydrogens (tertiary/aromatic N) is 3. The van der Waals surface area contributed by atoms with Gasteiger partial charge in [-0.1, -0.05) is 18.2 Å². The van der Waals surface area contributed by atoms with Crippen LogP contribution in [0.4, 0.5) is 23.1 Å². The lowest BCUT2D eigenvalue weighted by Crippen LogP contribution is -2.05. The molecule has 0 fully saturated rings. The average molecular weight is 321 g/mol. The van der Waals surface area contributed by atoms with E-state index in [1.54, 1.807) is 6.20 Å². The minimum atomic E-state index is 0.150. The second-order valence-electron chi connectivity index (χ2n) is 5.47. The number of hydrogen-bond acceptors (Lipinski definition) is 6. The second kappa shape index (κ2) is 7.41. The molecule has 0 atom stereocenters. The van der Waals surface area contributed by atoms with Crippen molar-refractivity contribution in [2.24, 2.45) is 0 Å². The average Bonchev–Trinajstić information content (AvgIpc) is 2.57. The summed E-state index contributed by atoms with van der Waals surface area (Å²) >= 11 is 0. The van der Waals surface area contributed by atoms with Crippen LogP contribution in [0.15, 0.2) is 60.8 Å². The molecule has 0 aliphatic heterocycles. The SMILES string of the molecule is CC(C)Oc1ccc(Nc2nncc(Nc3ccccc3)n2)cc1. The Labute approximate surface area is 140 Å². The minimum Gasteiger partial charge on any atom is -0.491 e. The van der Waals surface area contributed by atoms with Gasteiger partial charge in [0.15, 0.2) is 5.82 Å². The van der Waals surface area contributed by atoms with Gasteiger partial charge in [-0.3, -0.25) is 0 Å². The van der Waals surface area contributed by atoms with Gasteiger partial charge in [-0.25, -0.2) is 0 Å². The Balaban J connectivity index is 1.68. The van der Waals surface area contributed by atoms with Crippen LogP contribution in [0.25, 0.3) is 0 Å². The molecular weight excluding hydrogens is 302 g/mol. The smallest absolute Gasteiger partial charge is 0.249 e. The van der Waals surface area contributed by atoms with Crippen molar-refractivity contribution in [2.75, 3.05) is 10.6 Å². The molecule has 24 heavy (non-hydrogen) atoms. The van der Waals surface area contributed by atoms with Crippen molar-refractivity contribution in [1.29, 1.82) is 0 Å². The normalized spacial score (nSPS) is 10.5. The topological polar surface area (TPSA) is 72.0 Å². The Morgan fingerprint density at radius 3 is 2.29 bits per heavy atom. The van der Waals surface area contributed by atoms with E-state index in [-0.39, 0.29) is 6.10 Å². The Hall–Kier alpha value is -3.15. The fourth-order valence-electron chi connectivity index (χ4n) is 2.10. The molecule has 0 saturated heterocycles. The van der Waals surface area contributed by atoms with E-state index in [9.17, 15) is 0 Å². The van der Waals surface area contributed by atoms with Gasteiger partial charge in [0.25, 0.3) is 0 Å². The molecule has 0 unspecified atom stereocenters. The summed E-state index contributed by atoms with van der Waals surface area (Å²) in [6.45, 7) is 3.99. The quantitative estimate of drug-likeness (QED) is 0.711. The maximum atomic E-state index is 5.62. The molecule has 0 spiro atoms. The highest BCUT2D eigenvalue weighted by Gasteiger charge is 2.03. The zero-order chi connectivity index (χ0) is 16.8. The largest absolute Gasteiger partial charge is 0.491 e. The Kier molecular flexibility index (Phi) is 4.86. The van der Waals surface area contributed by atoms with Crippen molar-refractivity contribution in [3.8, 4) is 5.75 Å². The highest BCUT2D eigenvalue weighted by atomic mass is 16.5. The maximum Gasteiger partial charge on any atom is 0.249 e. The zero-order valence-corrected chi connectivity index (χ0v) is 13.6. The van der Waals surface area contributed by atoms with Gasteiger partial charge in [0.1, 0.15) is 5.75 Å². The number of aromatic nitrogens is 3. The van der Waals surface area contributed by atoms with Crippen LogP contribution in [0.5, 0.6) is 5.75 Å². The molecule has 0 radical (unpaired) electrons. The van der Waals surface area contributed by atoms with E-state index in [4.69, 9.17) is 4.74 Å². The van der Waals surface area contributed by atoms with Gasteiger partial charge in [0, 0.05) is 11.4 Å². The van der Waals surface area contributed by atoms with E-state index in [0.29, 0.717) is 11.8 Å². The molecule has 2 N–H and O–H groups in total. The number of para-hydroxylation sites is 1. The third-order valence-electron chi connectivity index (χ3n) is 3.09. The summed E-state index contributed by atoms with van der Waals surface area (Å²) in [5.74, 6) is 1.88. The molecule has 6 heteroatoms. The van der Waals surface area contributed by atoms with Crippen molar-refractivity contribution in [2.45, 2.75) is 20.0 Å². The van der Waals surface area contributed by atoms with E-state index in [1.165, 1.54) is 0 Å². The third-order valence-corrected chi connectivity index (χ3v) is 3.09. The number of nitrogens with one attached hydrogen (secondary N) is 2. The summed E-state index contributed by atoms with van der Waals surface area (Å²) in [4.78, 5) is 4.41. The fraction of sp³-hybridized carbons (Fsp3) is 0.167. The number of ether oxygens (including phenoxy) is 1. The molecule has 6 nitrogen and oxygen atoms in total. The lowest BCUT2D eigenvalue weighted by Gasteiger charge is -2.11. The second-order valence-corrected chi connectivity index (χ2v) is 5.47. The Bertz CT molecular complexity index is 775. The number of benzene rings is 2. The first-order valence-electron chi connectivity index (χ1n) is 7.74. The molecular formula is C18H19N5O. The molecule has 0 aliphatic carbocycles. The summed E-state index contributed by atoms with van der Waals surface area (Å²) in [5, 5.41) is 14.3. The molecule has 2 aromatic carbocycles. The van der Waals surface area contributed by atoms with Gasteiger partial charge in [0.05, 0.1) is 12.3 Å². The van der Waals surface area contributed by atoms with Crippen LogP contribution >= 0.6 is 0 Å². The van der Waals surface area contributed by atoms with Crippen molar-refractivity contribution in [1.82, 2.24) is 15.2 Å². The lowest BCUT2D eigenvalue weighted by atomic mass is 10.3. The van der Waals surface area contributed by atoms with E-state index in [0.717, 1.165) is 17.1 Å². The van der Waals surface area contributed by atoms with E-state index >= 15 is 0 Å². The van der Waals surface area contributed by atoms with E-state index < -0.39 is 0 Å². The van der Waals surface area contributed by atoms with Crippen molar-refractivity contribution < 1.29 is 4.74 Å². The van der Waals surface area contributed by atoms with Gasteiger partial charge >= 0.3 is 0 Å². The van der Waals surface area contributed by atoms with Gasteiger partial charge in [-0.15, -0.1) is 5.10 Å². The Morgan fingerprint density at radius 2 is 1.58 bits per heavy atom. The molecule has 0 amide bonds. The third kappa shape index (κ3) is 4.42. The van der Waals surface area contributed by atoms with Crippen molar-refractivity contribution in [3.63, 3.8) is 0 Å². The standard InChI is InChI=1S/C18H19N5O/c1-13(2)24-16-10-8-15(9-11-16)21-18-22-17(12-19-23-18)20-14-6-4-3-5-7-14/h3-13H,1-2H3,(H2,20,21,22,23). The van der Waals surface area contributed by atoms with Crippen LogP contribution in [0.1, 0.15) is 13.8 Å². The molecule has 3 rings (SSSR count). The first kappa shape index (κ1) is 15.7. The molecule has 3 aromatic rings. The maximum absolute atomic E-state index is 5.62. The summed E-state index contributed by atoms with van der Waals surface area (Å²) in [7, 11) is 0. The monoisotopic (exact) mass is 321 g/mol. The highest BCUT2D eigenvalue weighted by Crippen LogP contribution is 2.20. The Morgan fingerprint density at radius 1 is 0.875 bits per heavy atom. The fourth-order valence-corrected chi connectivity index (χ4v) is 2.10. The predicted octanol–water partition coefficient (Wildman–Crippen LogP) is 4.15. The van der Waals surface area contributed by atoms with Gasteiger partial charge in [-0.2, -0.15) is 10.1 Å². The first-order valence-corrected chi connectivity index (χ1v) is 7.74. The van der Waals surface area contributed by atoms with Crippen LogP contribution in [0.3, 0.4) is 0 Å². The first-order chi connectivity index (χ1) is 11.7. The van der Waals surface area contributed by atoms with Crippen LogP contribution in [-0.4, -0.2) is 21.3 Å². The minimum absolute atomic E-state index is 0.150. The summed E-state index contributed by atoms with van der Waals surface area (Å²) in [6.07, 6.45) is 1.73. The summed E-state index contributed by atoms with van der Waals surface area (Å²) < 4.78 is 5.62. The van der Waals surface area contributed by atoms with Crippen LogP contribution in [0, 0.1) is 0 Å². The van der Waals surface area contributed by atoms with Crippen molar-refractivity contribution in [3.05, 3.63) is 60.8 Å². The van der Waals surface area contributed by atoms with Gasteiger partial charge in [0.2, 0.25) is 5.95 Å². The molecule has 0 saturated carbocycles. The number of anilines is 4. The van der Waals surface area contributed by atoms with Crippen molar-refractivity contribution >= 4 is 23.1 Å². The zero-order valence-electron chi connectivity index (χ0n) is 13.6. The number of rotatable bonds is 6. The predicted molar refractivity (Wildman–Crippen MR) is 95.0 cm³/mol. The van der Waals surface area contributed by atoms with Gasteiger partial charge in [-0.05, 0) is 50.2 Å². The summed E-state index contributed by atoms with van der Waals surface area (Å²) in [6, 6.07) is 17.4. The van der Waals surface area contributed by atoms with Crippen LogP contribution in [0.2, 0.25) is 0 Å². The van der Waals surface area contributed by atoms with Crippen LogP contribution < -0.4 is 15.4 Å². The lowest BCUT2D eigenvalue weighted by molar-refractivity contribution is 0.242. The molecule has 1 heterocycles. The summed E-state index contributed by atoms with van der Waals surface area (Å²) in [5.41, 5.74) is 1.81. The van der Waals surface area contributed by atoms with Crippen LogP contribution in [-0.2, 0) is 0 Å². The molecule has 122 valence electrons. The van der Waals surface area contributed by atoms with E-state index in [2.05, 4.69) is 25.8 Å².